The molecule has 31 heavy (non-hydrogen) atoms. The van der Waals surface area contributed by atoms with E-state index in [2.05, 4.69) is 28.5 Å². The highest BCUT2D eigenvalue weighted by Gasteiger charge is 2.52. The number of likely N-dealkylation sites (tertiary alicyclic amines) is 1. The molecule has 0 radical (unpaired) electrons. The minimum absolute atomic E-state index is 0.0874. The van der Waals surface area contributed by atoms with E-state index in [1.807, 2.05) is 17.5 Å². The maximum absolute atomic E-state index is 13.2. The van der Waals surface area contributed by atoms with Gasteiger partial charge in [-0.1, -0.05) is 18.6 Å². The first-order valence-corrected chi connectivity index (χ1v) is 12.5. The fraction of sp³-hybridized carbons (Fsp3) is 0.538. The first-order valence-electron chi connectivity index (χ1n) is 11.6. The van der Waals surface area contributed by atoms with Gasteiger partial charge in [0.15, 0.2) is 0 Å². The Morgan fingerprint density at radius 3 is 2.71 bits per heavy atom. The van der Waals surface area contributed by atoms with Gasteiger partial charge in [0.25, 0.3) is 0 Å². The molecule has 2 heterocycles. The maximum atomic E-state index is 13.2. The second-order valence-corrected chi connectivity index (χ2v) is 10.3. The molecule has 0 N–H and O–H groups in total. The highest BCUT2D eigenvalue weighted by molar-refractivity contribution is 7.08. The number of thiophene rings is 1. The van der Waals surface area contributed by atoms with Crippen LogP contribution in [0.1, 0.15) is 43.2 Å². The molecule has 5 rings (SSSR count). The molecule has 1 aliphatic heterocycles. The molecule has 1 aromatic carbocycles. The number of benzene rings is 1. The van der Waals surface area contributed by atoms with Crippen LogP contribution in [0.2, 0.25) is 0 Å². The summed E-state index contributed by atoms with van der Waals surface area (Å²) < 4.78 is 5.28. The molecule has 5 atom stereocenters. The Hall–Kier alpha value is -2.14. The Morgan fingerprint density at radius 2 is 1.97 bits per heavy atom. The second-order valence-electron chi connectivity index (χ2n) is 9.51. The monoisotopic (exact) mass is 437 g/mol. The summed E-state index contributed by atoms with van der Waals surface area (Å²) in [6.07, 6.45) is 6.34. The summed E-state index contributed by atoms with van der Waals surface area (Å²) in [7, 11) is 1.68. The van der Waals surface area contributed by atoms with Crippen LogP contribution in [-0.4, -0.2) is 36.3 Å². The molecule has 2 aliphatic carbocycles. The minimum Gasteiger partial charge on any atom is -0.497 e. The Balaban J connectivity index is 1.35. The summed E-state index contributed by atoms with van der Waals surface area (Å²) in [5.74, 6) is 3.00. The molecular weight excluding hydrogens is 406 g/mol. The van der Waals surface area contributed by atoms with Crippen molar-refractivity contribution in [1.82, 2.24) is 4.90 Å². The van der Waals surface area contributed by atoms with Crippen molar-refractivity contribution in [2.45, 2.75) is 51.0 Å². The lowest BCUT2D eigenvalue weighted by Crippen LogP contribution is -2.59. The smallest absolute Gasteiger partial charge is 0.227 e. The van der Waals surface area contributed by atoms with Crippen LogP contribution in [0.4, 0.5) is 0 Å². The third-order valence-electron chi connectivity index (χ3n) is 7.93. The summed E-state index contributed by atoms with van der Waals surface area (Å²) in [5.41, 5.74) is 2.33. The molecule has 0 spiro atoms. The fourth-order valence-electron chi connectivity index (χ4n) is 6.54. The Morgan fingerprint density at radius 1 is 1.13 bits per heavy atom. The zero-order valence-electron chi connectivity index (χ0n) is 18.2. The van der Waals surface area contributed by atoms with Gasteiger partial charge in [-0.25, -0.2) is 0 Å². The number of carbonyl (C=O) groups excluding carboxylic acids is 2. The van der Waals surface area contributed by atoms with Gasteiger partial charge in [-0.2, -0.15) is 11.3 Å². The van der Waals surface area contributed by atoms with Crippen LogP contribution in [0.3, 0.4) is 0 Å². The number of piperidine rings is 1. The summed E-state index contributed by atoms with van der Waals surface area (Å²) in [5, 5.41) is 4.13. The Labute approximate surface area is 188 Å². The molecule has 5 heteroatoms. The van der Waals surface area contributed by atoms with Crippen LogP contribution in [0.5, 0.6) is 5.75 Å². The molecular formula is C26H31NO3S. The molecule has 3 fully saturated rings. The number of Topliss-reactive ketones (excluding diaryl/α,β-unsaturated/α-hetero) is 1. The summed E-state index contributed by atoms with van der Waals surface area (Å²) in [6.45, 7) is 0.817. The van der Waals surface area contributed by atoms with Gasteiger partial charge in [-0.15, -0.1) is 0 Å². The van der Waals surface area contributed by atoms with Crippen molar-refractivity contribution >= 4 is 23.0 Å². The van der Waals surface area contributed by atoms with Crippen molar-refractivity contribution in [1.29, 1.82) is 0 Å². The molecule has 1 amide bonds. The van der Waals surface area contributed by atoms with Crippen LogP contribution < -0.4 is 4.74 Å². The van der Waals surface area contributed by atoms with Crippen molar-refractivity contribution in [2.75, 3.05) is 13.7 Å². The van der Waals surface area contributed by atoms with Crippen LogP contribution in [0.15, 0.2) is 41.1 Å². The van der Waals surface area contributed by atoms with E-state index >= 15 is 0 Å². The average molecular weight is 438 g/mol. The molecule has 1 saturated heterocycles. The molecule has 3 aliphatic rings. The topological polar surface area (TPSA) is 46.6 Å². The molecule has 4 nitrogen and oxygen atoms in total. The van der Waals surface area contributed by atoms with Crippen molar-refractivity contribution in [2.24, 2.45) is 23.7 Å². The number of ketones is 1. The first kappa shape index (κ1) is 20.7. The van der Waals surface area contributed by atoms with E-state index in [0.717, 1.165) is 50.0 Å². The van der Waals surface area contributed by atoms with Crippen LogP contribution in [0, 0.1) is 23.7 Å². The van der Waals surface area contributed by atoms with Gasteiger partial charge in [-0.3, -0.25) is 9.59 Å². The standard InChI is InChI=1S/C26H31NO3S/c1-30-20-7-5-17(6-8-20)13-22-21-3-2-4-23-26(21)19(15-24(22)28)9-11-27(23)25(29)14-18-10-12-31-16-18/h5-8,10,12,16,19,21-23,26H,2-4,9,11,13-15H2,1H3/t19-,21+,22+,23+,26+/m1/s1. The molecule has 0 bridgehead atoms. The maximum Gasteiger partial charge on any atom is 0.227 e. The quantitative estimate of drug-likeness (QED) is 0.677. The Bertz CT molecular complexity index is 923. The van der Waals surface area contributed by atoms with Gasteiger partial charge in [0.05, 0.1) is 13.5 Å². The van der Waals surface area contributed by atoms with Crippen LogP contribution in [0.25, 0.3) is 0 Å². The largest absolute Gasteiger partial charge is 0.497 e. The van der Waals surface area contributed by atoms with Crippen molar-refractivity contribution < 1.29 is 14.3 Å². The predicted molar refractivity (Wildman–Crippen MR) is 122 cm³/mol. The van der Waals surface area contributed by atoms with Crippen molar-refractivity contribution in [3.63, 3.8) is 0 Å². The zero-order chi connectivity index (χ0) is 21.4. The number of hydrogen-bond acceptors (Lipinski definition) is 4. The van der Waals surface area contributed by atoms with Crippen LogP contribution in [-0.2, 0) is 22.4 Å². The number of methoxy groups -OCH3 is 1. The molecule has 1 aromatic heterocycles. The highest BCUT2D eigenvalue weighted by atomic mass is 32.1. The zero-order valence-corrected chi connectivity index (χ0v) is 19.0. The lowest BCUT2D eigenvalue weighted by atomic mass is 9.55. The number of nitrogens with zero attached hydrogens (tertiary/aromatic N) is 1. The summed E-state index contributed by atoms with van der Waals surface area (Å²) >= 11 is 1.65. The lowest BCUT2D eigenvalue weighted by molar-refractivity contribution is -0.149. The van der Waals surface area contributed by atoms with Gasteiger partial charge in [0.2, 0.25) is 5.91 Å². The Kier molecular flexibility index (Phi) is 5.87. The number of hydrogen-bond donors (Lipinski definition) is 0. The van der Waals surface area contributed by atoms with E-state index < -0.39 is 0 Å². The minimum atomic E-state index is 0.0874. The first-order chi connectivity index (χ1) is 15.1. The van der Waals surface area contributed by atoms with Crippen molar-refractivity contribution in [3.8, 4) is 5.75 Å². The van der Waals surface area contributed by atoms with E-state index in [1.165, 1.54) is 5.56 Å². The van der Waals surface area contributed by atoms with Gasteiger partial charge in [-0.05, 0) is 83.5 Å². The van der Waals surface area contributed by atoms with E-state index in [1.54, 1.807) is 18.4 Å². The van der Waals surface area contributed by atoms with Gasteiger partial charge in [0.1, 0.15) is 11.5 Å². The number of rotatable bonds is 5. The lowest BCUT2D eigenvalue weighted by Gasteiger charge is -2.55. The van der Waals surface area contributed by atoms with Gasteiger partial charge >= 0.3 is 0 Å². The second kappa shape index (κ2) is 8.78. The van der Waals surface area contributed by atoms with Crippen LogP contribution >= 0.6 is 11.3 Å². The molecule has 0 unspecified atom stereocenters. The number of carbonyl (C=O) groups is 2. The van der Waals surface area contributed by atoms with Gasteiger partial charge < -0.3 is 9.64 Å². The number of amides is 1. The van der Waals surface area contributed by atoms with E-state index in [0.29, 0.717) is 42.4 Å². The molecule has 164 valence electrons. The van der Waals surface area contributed by atoms with E-state index in [-0.39, 0.29) is 11.8 Å². The average Bonchev–Trinajstić information content (AvgIpc) is 3.30. The SMILES string of the molecule is COc1ccc(C[C@@H]2C(=O)C[C@H]3CCN(C(=O)Cc4ccsc4)[C@H]4CCC[C@@H]2[C@H]34)cc1. The molecule has 2 saturated carbocycles. The summed E-state index contributed by atoms with van der Waals surface area (Å²) in [6, 6.07) is 10.5. The highest BCUT2D eigenvalue weighted by Crippen LogP contribution is 2.51. The predicted octanol–water partition coefficient (Wildman–Crippen LogP) is 4.76. The summed E-state index contributed by atoms with van der Waals surface area (Å²) in [4.78, 5) is 28.6. The third kappa shape index (κ3) is 4.05. The number of ether oxygens (including phenoxy) is 1. The van der Waals surface area contributed by atoms with Crippen molar-refractivity contribution in [3.05, 3.63) is 52.2 Å². The molecule has 2 aromatic rings. The van der Waals surface area contributed by atoms with E-state index in [9.17, 15) is 9.59 Å². The van der Waals surface area contributed by atoms with Gasteiger partial charge in [0, 0.05) is 24.9 Å². The fourth-order valence-corrected chi connectivity index (χ4v) is 7.21. The third-order valence-corrected chi connectivity index (χ3v) is 8.66. The normalized spacial score (nSPS) is 30.0. The van der Waals surface area contributed by atoms with E-state index in [4.69, 9.17) is 4.74 Å².